The zero-order chi connectivity index (χ0) is 22.2. The molecule has 3 rings (SSSR count). The van der Waals surface area contributed by atoms with E-state index in [9.17, 15) is 17.7 Å². The van der Waals surface area contributed by atoms with Crippen LogP contribution < -0.4 is 10.8 Å². The number of hydrogen-bond acceptors (Lipinski definition) is 5. The van der Waals surface area contributed by atoms with Crippen molar-refractivity contribution in [2.24, 2.45) is 0 Å². The van der Waals surface area contributed by atoms with Crippen LogP contribution in [0, 0.1) is 12.7 Å². The minimum Gasteiger partial charge on any atom is -0.363 e. The van der Waals surface area contributed by atoms with Crippen molar-refractivity contribution in [1.29, 1.82) is 0 Å². The van der Waals surface area contributed by atoms with E-state index in [1.54, 1.807) is 32.8 Å². The lowest BCUT2D eigenvalue weighted by Crippen LogP contribution is -2.17. The number of halogens is 3. The molecule has 30 heavy (non-hydrogen) atoms. The highest BCUT2D eigenvalue weighted by Gasteiger charge is 2.26. The summed E-state index contributed by atoms with van der Waals surface area (Å²) in [7, 11) is -2.71. The summed E-state index contributed by atoms with van der Waals surface area (Å²) in [5.41, 5.74) is 0.385. The van der Waals surface area contributed by atoms with Crippen LogP contribution in [0.4, 0.5) is 19.0 Å². The molecule has 0 spiro atoms. The topological polar surface area (TPSA) is 67.8 Å². The predicted molar refractivity (Wildman–Crippen MR) is 114 cm³/mol. The van der Waals surface area contributed by atoms with Crippen molar-refractivity contribution >= 4 is 29.3 Å². The van der Waals surface area contributed by atoms with E-state index in [4.69, 9.17) is 0 Å². The van der Waals surface area contributed by atoms with Crippen LogP contribution in [0.15, 0.2) is 30.5 Å². The Balaban J connectivity index is 2.07. The van der Waals surface area contributed by atoms with Crippen molar-refractivity contribution < 1.29 is 17.7 Å². The zero-order valence-electron chi connectivity index (χ0n) is 17.4. The van der Waals surface area contributed by atoms with E-state index >= 15 is 0 Å². The summed E-state index contributed by atoms with van der Waals surface area (Å²) in [6.45, 7) is 8.80. The van der Waals surface area contributed by atoms with Crippen molar-refractivity contribution in [1.82, 2.24) is 15.0 Å². The van der Waals surface area contributed by atoms with Gasteiger partial charge < -0.3 is 9.88 Å². The van der Waals surface area contributed by atoms with E-state index in [1.165, 1.54) is 12.1 Å². The van der Waals surface area contributed by atoms with E-state index in [1.807, 2.05) is 13.8 Å². The summed E-state index contributed by atoms with van der Waals surface area (Å²) in [5.74, 6) is -0.0702. The Morgan fingerprint density at radius 3 is 2.40 bits per heavy atom. The summed E-state index contributed by atoms with van der Waals surface area (Å²) in [5, 5.41) is 3.69. The SMILES string of the molecule is Cc1nc(NC(C)c2cccc(C(F)F)c2F)c2cc(P(C)(=O)C(C)C)ncc2n1. The van der Waals surface area contributed by atoms with Crippen molar-refractivity contribution in [2.45, 2.75) is 45.8 Å². The van der Waals surface area contributed by atoms with Gasteiger partial charge in [-0.15, -0.1) is 0 Å². The monoisotopic (exact) mass is 436 g/mol. The van der Waals surface area contributed by atoms with Gasteiger partial charge in [-0.1, -0.05) is 32.0 Å². The third-order valence-corrected chi connectivity index (χ3v) is 8.36. The number of fused-ring (bicyclic) bond motifs is 1. The maximum Gasteiger partial charge on any atom is 0.266 e. The Bertz CT molecular complexity index is 1140. The molecule has 0 aliphatic rings. The lowest BCUT2D eigenvalue weighted by Gasteiger charge is -2.20. The van der Waals surface area contributed by atoms with Crippen LogP contribution in [-0.4, -0.2) is 27.3 Å². The van der Waals surface area contributed by atoms with Gasteiger partial charge >= 0.3 is 0 Å². The van der Waals surface area contributed by atoms with Crippen LogP contribution in [0.25, 0.3) is 10.9 Å². The third-order valence-electron chi connectivity index (χ3n) is 5.23. The smallest absolute Gasteiger partial charge is 0.266 e. The highest BCUT2D eigenvalue weighted by atomic mass is 31.2. The number of aryl methyl sites for hydroxylation is 1. The number of rotatable bonds is 6. The molecular formula is C21H24F3N4OP. The minimum atomic E-state index is -2.90. The highest BCUT2D eigenvalue weighted by molar-refractivity contribution is 7.71. The second kappa shape index (κ2) is 8.34. The number of hydrogen-bond donors (Lipinski definition) is 1. The molecule has 0 fully saturated rings. The average Bonchev–Trinajstić information content (AvgIpc) is 2.67. The summed E-state index contributed by atoms with van der Waals surface area (Å²) in [6, 6.07) is 4.98. The predicted octanol–water partition coefficient (Wildman–Crippen LogP) is 5.61. The quantitative estimate of drug-likeness (QED) is 0.509. The lowest BCUT2D eigenvalue weighted by atomic mass is 10.0. The molecule has 0 aliphatic carbocycles. The zero-order valence-corrected chi connectivity index (χ0v) is 18.3. The number of pyridine rings is 1. The standard InChI is InChI=1S/C21H24F3N4OP/c1-11(2)30(5,29)18-9-16-17(10-25-18)27-13(4)28-21(16)26-12(3)14-7-6-8-15(19(14)22)20(23)24/h6-12,20H,1-5H3,(H,26,27,28). The highest BCUT2D eigenvalue weighted by Crippen LogP contribution is 2.45. The summed E-state index contributed by atoms with van der Waals surface area (Å²) >= 11 is 0. The molecule has 2 aromatic heterocycles. The largest absolute Gasteiger partial charge is 0.363 e. The Kier molecular flexibility index (Phi) is 6.18. The molecule has 1 N–H and O–H groups in total. The fourth-order valence-corrected chi connectivity index (χ4v) is 4.31. The summed E-state index contributed by atoms with van der Waals surface area (Å²) in [6.07, 6.45) is -1.35. The van der Waals surface area contributed by atoms with E-state index in [-0.39, 0.29) is 11.2 Å². The molecule has 5 nitrogen and oxygen atoms in total. The molecule has 0 radical (unpaired) electrons. The Hall–Kier alpha value is -2.47. The Labute approximate surface area is 173 Å². The van der Waals surface area contributed by atoms with Crippen molar-refractivity contribution in [3.63, 3.8) is 0 Å². The van der Waals surface area contributed by atoms with Gasteiger partial charge in [0.05, 0.1) is 23.3 Å². The summed E-state index contributed by atoms with van der Waals surface area (Å²) < 4.78 is 53.8. The van der Waals surface area contributed by atoms with E-state index < -0.39 is 31.0 Å². The van der Waals surface area contributed by atoms with Crippen LogP contribution in [0.1, 0.15) is 50.2 Å². The van der Waals surface area contributed by atoms with E-state index in [0.717, 1.165) is 6.07 Å². The van der Waals surface area contributed by atoms with Gasteiger partial charge in [0, 0.05) is 16.6 Å². The number of aromatic nitrogens is 3. The third kappa shape index (κ3) is 4.19. The fourth-order valence-electron chi connectivity index (χ4n) is 3.11. The first-order valence-electron chi connectivity index (χ1n) is 9.57. The second-order valence-electron chi connectivity index (χ2n) is 7.68. The maximum absolute atomic E-state index is 14.6. The number of nitrogens with one attached hydrogen (secondary N) is 1. The molecule has 2 unspecified atom stereocenters. The van der Waals surface area contributed by atoms with Gasteiger partial charge in [-0.3, -0.25) is 4.98 Å². The van der Waals surface area contributed by atoms with Gasteiger partial charge in [-0.25, -0.2) is 23.1 Å². The van der Waals surface area contributed by atoms with Gasteiger partial charge in [0.2, 0.25) is 0 Å². The van der Waals surface area contributed by atoms with E-state index in [2.05, 4.69) is 20.3 Å². The summed E-state index contributed by atoms with van der Waals surface area (Å²) in [4.78, 5) is 13.1. The molecule has 0 saturated heterocycles. The molecule has 1 aromatic carbocycles. The van der Waals surface area contributed by atoms with Crippen LogP contribution in [0.3, 0.4) is 0 Å². The number of anilines is 1. The van der Waals surface area contributed by atoms with Crippen molar-refractivity contribution in [3.05, 3.63) is 53.2 Å². The average molecular weight is 436 g/mol. The molecular weight excluding hydrogens is 412 g/mol. The van der Waals surface area contributed by atoms with Crippen LogP contribution in [0.5, 0.6) is 0 Å². The molecule has 2 heterocycles. The van der Waals surface area contributed by atoms with Crippen molar-refractivity contribution in [3.8, 4) is 0 Å². The fraction of sp³-hybridized carbons (Fsp3) is 0.381. The number of nitrogens with zero attached hydrogens (tertiary/aromatic N) is 3. The number of alkyl halides is 2. The first kappa shape index (κ1) is 22.2. The lowest BCUT2D eigenvalue weighted by molar-refractivity contribution is 0.146. The van der Waals surface area contributed by atoms with Gasteiger partial charge in [0.15, 0.2) is 0 Å². The normalized spacial score (nSPS) is 14.9. The molecule has 160 valence electrons. The molecule has 0 aliphatic heterocycles. The molecule has 2 atom stereocenters. The van der Waals surface area contributed by atoms with Crippen LogP contribution in [0.2, 0.25) is 0 Å². The van der Waals surface area contributed by atoms with Gasteiger partial charge in [-0.2, -0.15) is 0 Å². The number of benzene rings is 1. The molecule has 0 bridgehead atoms. The van der Waals surface area contributed by atoms with Gasteiger partial charge in [0.25, 0.3) is 6.43 Å². The molecule has 9 heteroatoms. The molecule has 3 aromatic rings. The van der Waals surface area contributed by atoms with Gasteiger partial charge in [0.1, 0.15) is 30.0 Å². The van der Waals surface area contributed by atoms with Crippen molar-refractivity contribution in [2.75, 3.05) is 12.0 Å². The second-order valence-corrected chi connectivity index (χ2v) is 11.2. The Morgan fingerprint density at radius 1 is 1.10 bits per heavy atom. The molecule has 0 amide bonds. The van der Waals surface area contributed by atoms with Gasteiger partial charge in [-0.05, 0) is 26.6 Å². The van der Waals surface area contributed by atoms with E-state index in [0.29, 0.717) is 28.0 Å². The van der Waals surface area contributed by atoms with Crippen LogP contribution in [-0.2, 0) is 4.57 Å². The molecule has 0 saturated carbocycles. The maximum atomic E-state index is 14.6. The van der Waals surface area contributed by atoms with Crippen LogP contribution >= 0.6 is 7.14 Å². The first-order valence-corrected chi connectivity index (χ1v) is 11.8. The Morgan fingerprint density at radius 2 is 1.77 bits per heavy atom. The minimum absolute atomic E-state index is 0.0877. The first-order chi connectivity index (χ1) is 14.0.